The van der Waals surface area contributed by atoms with Gasteiger partial charge in [0, 0.05) is 22.7 Å². The Morgan fingerprint density at radius 3 is 2.75 bits per heavy atom. The van der Waals surface area contributed by atoms with Gasteiger partial charge in [0.15, 0.2) is 0 Å². The molecule has 5 heteroatoms. The number of hydrogen-bond donors (Lipinski definition) is 3. The zero-order valence-electron chi connectivity index (χ0n) is 11.6. The van der Waals surface area contributed by atoms with Gasteiger partial charge in [0.2, 0.25) is 6.41 Å². The van der Waals surface area contributed by atoms with Crippen LogP contribution in [0.3, 0.4) is 0 Å². The van der Waals surface area contributed by atoms with Crippen molar-refractivity contribution in [3.63, 3.8) is 0 Å². The Labute approximate surface area is 118 Å². The molecule has 0 aromatic heterocycles. The number of aliphatic hydroxyl groups excluding tert-OH is 1. The summed E-state index contributed by atoms with van der Waals surface area (Å²) in [4.78, 5) is 22.5. The number of benzene rings is 1. The summed E-state index contributed by atoms with van der Waals surface area (Å²) in [6.45, 7) is 2.09. The van der Waals surface area contributed by atoms with Crippen molar-refractivity contribution in [1.82, 2.24) is 5.32 Å². The van der Waals surface area contributed by atoms with Crippen molar-refractivity contribution in [1.29, 1.82) is 0 Å². The minimum Gasteiger partial charge on any atom is -0.396 e. The van der Waals surface area contributed by atoms with Gasteiger partial charge in [-0.05, 0) is 37.1 Å². The first-order chi connectivity index (χ1) is 9.59. The topological polar surface area (TPSA) is 78.4 Å². The molecule has 3 N–H and O–H groups in total. The van der Waals surface area contributed by atoms with Crippen molar-refractivity contribution >= 4 is 18.0 Å². The highest BCUT2D eigenvalue weighted by Crippen LogP contribution is 2.37. The lowest BCUT2D eigenvalue weighted by molar-refractivity contribution is -0.105. The molecule has 1 saturated carbocycles. The molecule has 20 heavy (non-hydrogen) atoms. The summed E-state index contributed by atoms with van der Waals surface area (Å²) in [7, 11) is 0. The molecule has 1 fully saturated rings. The molecule has 2 rings (SSSR count). The number of aliphatic hydroxyl groups is 1. The first-order valence-electron chi connectivity index (χ1n) is 6.81. The molecule has 108 valence electrons. The van der Waals surface area contributed by atoms with Gasteiger partial charge in [-0.3, -0.25) is 9.59 Å². The molecule has 0 heterocycles. The quantitative estimate of drug-likeness (QED) is 0.714. The van der Waals surface area contributed by atoms with Gasteiger partial charge in [-0.1, -0.05) is 13.3 Å². The number of carbonyl (C=O) groups excluding carboxylic acids is 2. The van der Waals surface area contributed by atoms with Gasteiger partial charge in [-0.15, -0.1) is 0 Å². The lowest BCUT2D eigenvalue weighted by Crippen LogP contribution is -2.44. The molecule has 0 radical (unpaired) electrons. The van der Waals surface area contributed by atoms with Crippen molar-refractivity contribution < 1.29 is 14.7 Å². The average Bonchev–Trinajstić information content (AvgIpc) is 2.82. The highest BCUT2D eigenvalue weighted by Gasteiger charge is 2.39. The Kier molecular flexibility index (Phi) is 4.39. The first-order valence-corrected chi connectivity index (χ1v) is 6.81. The first kappa shape index (κ1) is 14.5. The van der Waals surface area contributed by atoms with Gasteiger partial charge in [0.25, 0.3) is 5.91 Å². The Bertz CT molecular complexity index is 486. The molecule has 2 atom stereocenters. The van der Waals surface area contributed by atoms with Crippen LogP contribution < -0.4 is 10.6 Å². The highest BCUT2D eigenvalue weighted by atomic mass is 16.3. The summed E-state index contributed by atoms with van der Waals surface area (Å²) >= 11 is 0. The Morgan fingerprint density at radius 2 is 2.15 bits per heavy atom. The molecule has 1 aromatic rings. The zero-order valence-corrected chi connectivity index (χ0v) is 11.6. The Balaban J connectivity index is 2.02. The molecule has 0 saturated heterocycles. The summed E-state index contributed by atoms with van der Waals surface area (Å²) in [5.74, 6) is -0.144. The molecule has 0 spiro atoms. The van der Waals surface area contributed by atoms with E-state index >= 15 is 0 Å². The molecule has 5 nitrogen and oxygen atoms in total. The maximum atomic E-state index is 12.2. The second kappa shape index (κ2) is 6.05. The molecule has 0 bridgehead atoms. The summed E-state index contributed by atoms with van der Waals surface area (Å²) in [6.07, 6.45) is 3.44. The average molecular weight is 276 g/mol. The normalized spacial score (nSPS) is 25.2. The van der Waals surface area contributed by atoms with E-state index in [1.807, 2.05) is 6.92 Å². The monoisotopic (exact) mass is 276 g/mol. The van der Waals surface area contributed by atoms with Crippen molar-refractivity contribution in [2.24, 2.45) is 5.41 Å². The van der Waals surface area contributed by atoms with Crippen LogP contribution in [0.2, 0.25) is 0 Å². The van der Waals surface area contributed by atoms with Gasteiger partial charge in [0.1, 0.15) is 0 Å². The minimum absolute atomic E-state index is 0.00720. The fourth-order valence-corrected chi connectivity index (χ4v) is 2.70. The molecule has 1 aliphatic rings. The lowest BCUT2D eigenvalue weighted by Gasteiger charge is -2.30. The summed E-state index contributed by atoms with van der Waals surface area (Å²) in [6, 6.07) is 6.72. The zero-order chi connectivity index (χ0) is 14.6. The highest BCUT2D eigenvalue weighted by molar-refractivity contribution is 5.95. The van der Waals surface area contributed by atoms with Gasteiger partial charge in [-0.2, -0.15) is 0 Å². The van der Waals surface area contributed by atoms with Crippen LogP contribution in [-0.4, -0.2) is 30.1 Å². The van der Waals surface area contributed by atoms with Crippen LogP contribution >= 0.6 is 0 Å². The van der Waals surface area contributed by atoms with Crippen LogP contribution in [0.4, 0.5) is 5.69 Å². The van der Waals surface area contributed by atoms with Crippen molar-refractivity contribution in [2.45, 2.75) is 32.2 Å². The maximum Gasteiger partial charge on any atom is 0.251 e. The summed E-state index contributed by atoms with van der Waals surface area (Å²) in [5.41, 5.74) is 0.973. The molecule has 2 unspecified atom stereocenters. The third kappa shape index (κ3) is 2.99. The molecule has 1 aromatic carbocycles. The van der Waals surface area contributed by atoms with E-state index in [2.05, 4.69) is 10.6 Å². The van der Waals surface area contributed by atoms with Gasteiger partial charge < -0.3 is 15.7 Å². The largest absolute Gasteiger partial charge is 0.396 e. The Morgan fingerprint density at radius 1 is 1.45 bits per heavy atom. The van der Waals surface area contributed by atoms with Crippen LogP contribution in [-0.2, 0) is 4.79 Å². The fraction of sp³-hybridized carbons (Fsp3) is 0.467. The van der Waals surface area contributed by atoms with Crippen LogP contribution in [0, 0.1) is 5.41 Å². The molecule has 2 amide bonds. The van der Waals surface area contributed by atoms with E-state index in [9.17, 15) is 14.7 Å². The van der Waals surface area contributed by atoms with Crippen molar-refractivity contribution in [2.75, 3.05) is 11.9 Å². The summed E-state index contributed by atoms with van der Waals surface area (Å²) in [5, 5.41) is 15.0. The number of anilines is 1. The van der Waals surface area contributed by atoms with E-state index < -0.39 is 0 Å². The van der Waals surface area contributed by atoms with Crippen LogP contribution in [0.5, 0.6) is 0 Å². The maximum absolute atomic E-state index is 12.2. The predicted molar refractivity (Wildman–Crippen MR) is 76.4 cm³/mol. The second-order valence-electron chi connectivity index (χ2n) is 5.57. The van der Waals surface area contributed by atoms with Crippen LogP contribution in [0.15, 0.2) is 24.3 Å². The molecule has 1 aliphatic carbocycles. The standard InChI is InChI=1S/C15H20N2O3/c1-15(9-18)8-2-3-13(15)17-14(20)11-4-6-12(7-5-11)16-10-19/h4-7,10,13,18H,2-3,8-9H2,1H3,(H,16,19)(H,17,20). The van der Waals surface area contributed by atoms with E-state index in [-0.39, 0.29) is 24.0 Å². The number of rotatable bonds is 5. The SMILES string of the molecule is CC1(CO)CCCC1NC(=O)c1ccc(NC=O)cc1. The van der Waals surface area contributed by atoms with Crippen molar-refractivity contribution in [3.8, 4) is 0 Å². The molecular formula is C15H20N2O3. The third-order valence-electron chi connectivity index (χ3n) is 4.12. The fourth-order valence-electron chi connectivity index (χ4n) is 2.70. The third-order valence-corrected chi connectivity index (χ3v) is 4.12. The van der Waals surface area contributed by atoms with Gasteiger partial charge in [-0.25, -0.2) is 0 Å². The van der Waals surface area contributed by atoms with E-state index in [1.54, 1.807) is 24.3 Å². The van der Waals surface area contributed by atoms with Gasteiger partial charge in [0.05, 0.1) is 6.61 Å². The predicted octanol–water partition coefficient (Wildman–Crippen LogP) is 1.54. The smallest absolute Gasteiger partial charge is 0.251 e. The van der Waals surface area contributed by atoms with Gasteiger partial charge >= 0.3 is 0 Å². The van der Waals surface area contributed by atoms with Crippen LogP contribution in [0.1, 0.15) is 36.5 Å². The lowest BCUT2D eigenvalue weighted by atomic mass is 9.85. The minimum atomic E-state index is -0.228. The molecular weight excluding hydrogens is 256 g/mol. The number of carbonyl (C=O) groups is 2. The van der Waals surface area contributed by atoms with E-state index in [1.165, 1.54) is 0 Å². The van der Waals surface area contributed by atoms with E-state index in [4.69, 9.17) is 0 Å². The number of hydrogen-bond acceptors (Lipinski definition) is 3. The number of amides is 2. The van der Waals surface area contributed by atoms with E-state index in [0.717, 1.165) is 19.3 Å². The molecule has 0 aliphatic heterocycles. The number of nitrogens with one attached hydrogen (secondary N) is 2. The van der Waals surface area contributed by atoms with E-state index in [0.29, 0.717) is 17.7 Å². The van der Waals surface area contributed by atoms with Crippen molar-refractivity contribution in [3.05, 3.63) is 29.8 Å². The van der Waals surface area contributed by atoms with Crippen LogP contribution in [0.25, 0.3) is 0 Å². The summed E-state index contributed by atoms with van der Waals surface area (Å²) < 4.78 is 0. The second-order valence-corrected chi connectivity index (χ2v) is 5.57. The Hall–Kier alpha value is -1.88.